The minimum absolute atomic E-state index is 0.193. The summed E-state index contributed by atoms with van der Waals surface area (Å²) in [4.78, 5) is 12.5. The third kappa shape index (κ3) is 5.92. The zero-order chi connectivity index (χ0) is 23.0. The van der Waals surface area contributed by atoms with Gasteiger partial charge in [-0.3, -0.25) is 4.79 Å². The van der Waals surface area contributed by atoms with Crippen molar-refractivity contribution in [2.24, 2.45) is 0 Å². The molecule has 2 aromatic heterocycles. The van der Waals surface area contributed by atoms with Gasteiger partial charge < -0.3 is 20.5 Å². The van der Waals surface area contributed by atoms with Gasteiger partial charge in [-0.05, 0) is 91.6 Å². The molecule has 0 bridgehead atoms. The second-order valence-electron chi connectivity index (χ2n) is 7.98. The summed E-state index contributed by atoms with van der Waals surface area (Å²) >= 11 is 3.35. The summed E-state index contributed by atoms with van der Waals surface area (Å²) in [6.45, 7) is 5.52. The Kier molecular flexibility index (Phi) is 8.34. The Bertz CT molecular complexity index is 1210. The van der Waals surface area contributed by atoms with Crippen molar-refractivity contribution < 1.29 is 14.6 Å². The molecule has 0 radical (unpaired) electrons. The molecule has 0 aliphatic rings. The largest absolute Gasteiger partial charge is 0.507 e. The quantitative estimate of drug-likeness (QED) is 0.141. The van der Waals surface area contributed by atoms with Gasteiger partial charge in [0.05, 0.1) is 0 Å². The van der Waals surface area contributed by atoms with Crippen LogP contribution in [0.3, 0.4) is 0 Å². The number of nitrogens with one attached hydrogen (secondary N) is 2. The predicted molar refractivity (Wildman–Crippen MR) is 139 cm³/mol. The molecule has 2 aromatic carbocycles. The van der Waals surface area contributed by atoms with E-state index in [9.17, 15) is 9.90 Å². The Morgan fingerprint density at radius 3 is 2.33 bits per heavy atom. The van der Waals surface area contributed by atoms with Crippen molar-refractivity contribution in [3.05, 3.63) is 58.3 Å². The number of esters is 1. The third-order valence-electron chi connectivity index (χ3n) is 5.64. The molecular weight excluding hydrogens is 452 g/mol. The van der Waals surface area contributed by atoms with Crippen molar-refractivity contribution in [1.82, 2.24) is 10.6 Å². The number of thiophene rings is 2. The summed E-state index contributed by atoms with van der Waals surface area (Å²) < 4.78 is 8.02. The van der Waals surface area contributed by atoms with E-state index in [0.29, 0.717) is 17.9 Å². The number of benzene rings is 2. The summed E-state index contributed by atoms with van der Waals surface area (Å²) in [5.41, 5.74) is 2.39. The molecule has 4 rings (SSSR count). The first-order valence-corrected chi connectivity index (χ1v) is 13.2. The van der Waals surface area contributed by atoms with E-state index in [-0.39, 0.29) is 5.97 Å². The highest BCUT2D eigenvalue weighted by Crippen LogP contribution is 2.35. The summed E-state index contributed by atoms with van der Waals surface area (Å²) in [6.07, 6.45) is 2.87. The van der Waals surface area contributed by atoms with Gasteiger partial charge in [-0.1, -0.05) is 19.1 Å². The van der Waals surface area contributed by atoms with Gasteiger partial charge in [0.15, 0.2) is 0 Å². The maximum absolute atomic E-state index is 12.5. The van der Waals surface area contributed by atoms with Crippen LogP contribution in [-0.4, -0.2) is 37.3 Å². The van der Waals surface area contributed by atoms with Crippen molar-refractivity contribution in [1.29, 1.82) is 0 Å². The molecule has 0 aliphatic heterocycles. The van der Waals surface area contributed by atoms with Gasteiger partial charge in [-0.25, -0.2) is 0 Å². The number of hydrogen-bond donors (Lipinski definition) is 3. The molecule has 0 saturated heterocycles. The van der Waals surface area contributed by atoms with Crippen LogP contribution >= 0.6 is 22.7 Å². The highest BCUT2D eigenvalue weighted by Gasteiger charge is 2.13. The van der Waals surface area contributed by atoms with Gasteiger partial charge in [-0.2, -0.15) is 0 Å². The van der Waals surface area contributed by atoms with Crippen molar-refractivity contribution in [2.45, 2.75) is 32.6 Å². The summed E-state index contributed by atoms with van der Waals surface area (Å²) in [5.74, 6) is 0.821. The molecule has 3 N–H and O–H groups in total. The lowest BCUT2D eigenvalue weighted by atomic mass is 10.1. The Morgan fingerprint density at radius 2 is 1.58 bits per heavy atom. The molecule has 7 heteroatoms. The predicted octanol–water partition coefficient (Wildman–Crippen LogP) is 5.49. The zero-order valence-corrected chi connectivity index (χ0v) is 20.5. The number of phenolic OH excluding ortho intramolecular Hbond substituents is 1. The van der Waals surface area contributed by atoms with Crippen LogP contribution in [-0.2, 0) is 17.6 Å². The van der Waals surface area contributed by atoms with Crippen molar-refractivity contribution >= 4 is 48.8 Å². The fourth-order valence-corrected chi connectivity index (χ4v) is 6.01. The summed E-state index contributed by atoms with van der Waals surface area (Å²) in [6, 6.07) is 11.6. The van der Waals surface area contributed by atoms with Crippen molar-refractivity contribution in [2.75, 3.05) is 26.2 Å². The smallest absolute Gasteiger partial charge is 0.311 e. The number of rotatable bonds is 12. The van der Waals surface area contributed by atoms with E-state index < -0.39 is 0 Å². The lowest BCUT2D eigenvalue weighted by Crippen LogP contribution is -2.20. The Morgan fingerprint density at radius 1 is 0.909 bits per heavy atom. The van der Waals surface area contributed by atoms with E-state index in [0.717, 1.165) is 71.2 Å². The lowest BCUT2D eigenvalue weighted by Gasteiger charge is -2.09. The Labute approximate surface area is 202 Å². The van der Waals surface area contributed by atoms with Crippen LogP contribution in [0.1, 0.15) is 30.9 Å². The van der Waals surface area contributed by atoms with Crippen LogP contribution in [0.2, 0.25) is 0 Å². The van der Waals surface area contributed by atoms with E-state index in [2.05, 4.69) is 34.4 Å². The van der Waals surface area contributed by atoms with Crippen LogP contribution < -0.4 is 15.4 Å². The highest BCUT2D eigenvalue weighted by atomic mass is 32.1. The van der Waals surface area contributed by atoms with Gasteiger partial charge in [0.1, 0.15) is 11.5 Å². The monoisotopic (exact) mass is 482 g/mol. The first kappa shape index (κ1) is 23.7. The molecule has 4 aromatic rings. The van der Waals surface area contributed by atoms with E-state index in [1.807, 2.05) is 24.3 Å². The van der Waals surface area contributed by atoms with Gasteiger partial charge >= 0.3 is 5.97 Å². The van der Waals surface area contributed by atoms with Crippen molar-refractivity contribution in [3.8, 4) is 11.5 Å². The normalized spacial score (nSPS) is 11.4. The molecule has 33 heavy (non-hydrogen) atoms. The molecule has 0 spiro atoms. The van der Waals surface area contributed by atoms with Gasteiger partial charge in [-0.15, -0.1) is 22.7 Å². The Balaban J connectivity index is 1.23. The molecule has 0 atom stereocenters. The number of carbonyl (C=O) groups excluding carboxylic acids is 1. The first-order chi connectivity index (χ1) is 16.2. The van der Waals surface area contributed by atoms with Crippen LogP contribution in [0, 0.1) is 0 Å². The second kappa shape index (κ2) is 11.6. The topological polar surface area (TPSA) is 70.6 Å². The van der Waals surface area contributed by atoms with E-state index in [1.165, 1.54) is 5.56 Å². The van der Waals surface area contributed by atoms with Crippen LogP contribution in [0.25, 0.3) is 20.2 Å². The summed E-state index contributed by atoms with van der Waals surface area (Å²) in [7, 11) is 0. The van der Waals surface area contributed by atoms with E-state index in [4.69, 9.17) is 4.74 Å². The molecule has 5 nitrogen and oxygen atoms in total. The fraction of sp³-hybridized carbons (Fsp3) is 0.346. The molecule has 174 valence electrons. The van der Waals surface area contributed by atoms with Gasteiger partial charge in [0, 0.05) is 26.6 Å². The molecule has 0 fully saturated rings. The minimum atomic E-state index is -0.193. The lowest BCUT2D eigenvalue weighted by molar-refractivity contribution is -0.134. The van der Waals surface area contributed by atoms with E-state index in [1.54, 1.807) is 28.7 Å². The minimum Gasteiger partial charge on any atom is -0.507 e. The molecule has 2 heterocycles. The molecule has 0 amide bonds. The molecular formula is C26H30N2O3S2. The number of hydrogen-bond acceptors (Lipinski definition) is 7. The van der Waals surface area contributed by atoms with Crippen LogP contribution in [0.5, 0.6) is 11.5 Å². The van der Waals surface area contributed by atoms with Gasteiger partial charge in [0.2, 0.25) is 0 Å². The molecule has 0 aliphatic carbocycles. The third-order valence-corrected chi connectivity index (χ3v) is 7.63. The standard InChI is InChI=1S/C26H30N2O3S2/c1-2-27-14-11-19-17-33-23-9-4-7-21(26(19)23)31-24(30)10-5-13-28-15-12-18-16-32-22-8-3-6-20(29)25(18)22/h3-4,6-9,16-17,27-29H,2,5,10-15H2,1H3. The molecule has 0 unspecified atom stereocenters. The van der Waals surface area contributed by atoms with E-state index >= 15 is 0 Å². The Hall–Kier alpha value is -2.45. The average Bonchev–Trinajstić information content (AvgIpc) is 3.42. The summed E-state index contributed by atoms with van der Waals surface area (Å²) in [5, 5.41) is 23.2. The fourth-order valence-electron chi connectivity index (χ4n) is 3.99. The number of carbonyl (C=O) groups is 1. The van der Waals surface area contributed by atoms with Crippen molar-refractivity contribution in [3.63, 3.8) is 0 Å². The zero-order valence-electron chi connectivity index (χ0n) is 18.9. The highest BCUT2D eigenvalue weighted by molar-refractivity contribution is 7.17. The first-order valence-electron chi connectivity index (χ1n) is 11.5. The maximum atomic E-state index is 12.5. The number of phenols is 1. The number of fused-ring (bicyclic) bond motifs is 2. The van der Waals surface area contributed by atoms with Crippen LogP contribution in [0.4, 0.5) is 0 Å². The average molecular weight is 483 g/mol. The SMILES string of the molecule is CCNCCc1csc2cccc(OC(=O)CCCNCCc3csc4cccc(O)c34)c12. The maximum Gasteiger partial charge on any atom is 0.311 e. The number of aromatic hydroxyl groups is 1. The number of ether oxygens (including phenoxy) is 1. The number of likely N-dealkylation sites (N-methyl/N-ethyl adjacent to an activating group) is 1. The van der Waals surface area contributed by atoms with Gasteiger partial charge in [0.25, 0.3) is 0 Å². The molecule has 0 saturated carbocycles. The van der Waals surface area contributed by atoms with Crippen LogP contribution in [0.15, 0.2) is 47.2 Å². The second-order valence-corrected chi connectivity index (χ2v) is 9.81.